The van der Waals surface area contributed by atoms with Crippen molar-refractivity contribution in [3.8, 4) is 5.69 Å². The third-order valence-electron chi connectivity index (χ3n) is 3.90. The fourth-order valence-electron chi connectivity index (χ4n) is 2.74. The van der Waals surface area contributed by atoms with Gasteiger partial charge in [-0.1, -0.05) is 42.0 Å². The maximum Gasteiger partial charge on any atom is 0.313 e. The monoisotopic (exact) mass is 407 g/mol. The molecular formula is C17H14BrN3O2S. The third-order valence-corrected chi connectivity index (χ3v) is 5.13. The number of fused-ring (bicyclic) bond motifs is 1. The van der Waals surface area contributed by atoms with Gasteiger partial charge in [-0.2, -0.15) is 0 Å². The molecule has 3 aromatic rings. The molecule has 0 spiro atoms. The predicted octanol–water partition coefficient (Wildman–Crippen LogP) is 4.24. The Hall–Kier alpha value is -1.86. The topological polar surface area (TPSA) is 68.0 Å². The van der Waals surface area contributed by atoms with Crippen molar-refractivity contribution < 1.29 is 15.4 Å². The van der Waals surface area contributed by atoms with Gasteiger partial charge in [0.25, 0.3) is 0 Å². The highest BCUT2D eigenvalue weighted by Crippen LogP contribution is 2.44. The van der Waals surface area contributed by atoms with Gasteiger partial charge in [-0.3, -0.25) is 9.36 Å². The van der Waals surface area contributed by atoms with Crippen LogP contribution in [0.5, 0.6) is 0 Å². The lowest BCUT2D eigenvalue weighted by atomic mass is 9.99. The fraction of sp³-hybridized carbons (Fsp3) is 0.235. The summed E-state index contributed by atoms with van der Waals surface area (Å²) < 4.78 is 33.2. The van der Waals surface area contributed by atoms with Crippen LogP contribution in [0.3, 0.4) is 0 Å². The second-order valence-electron chi connectivity index (χ2n) is 5.45. The SMILES string of the molecule is [2H]c1cc2c(C3CC3)ccc(-n3c(Br)nnc3SC([2H])([2H])C(=O)O)c2cc1[2H]. The summed E-state index contributed by atoms with van der Waals surface area (Å²) in [5.74, 6) is -1.17. The molecule has 1 heterocycles. The van der Waals surface area contributed by atoms with Crippen molar-refractivity contribution in [2.45, 2.75) is 23.9 Å². The minimum absolute atomic E-state index is 0.0703. The first-order valence-corrected chi connectivity index (χ1v) is 8.87. The molecular weight excluding hydrogens is 390 g/mol. The smallest absolute Gasteiger partial charge is 0.313 e. The Morgan fingerprint density at radius 3 is 2.79 bits per heavy atom. The van der Waals surface area contributed by atoms with Gasteiger partial charge in [0.1, 0.15) is 0 Å². The molecule has 1 aromatic heterocycles. The van der Waals surface area contributed by atoms with Crippen LogP contribution < -0.4 is 0 Å². The number of aliphatic carboxylic acids is 1. The number of halogens is 1. The summed E-state index contributed by atoms with van der Waals surface area (Å²) in [5, 5.41) is 18.6. The average Bonchev–Trinajstić information content (AvgIpc) is 3.40. The summed E-state index contributed by atoms with van der Waals surface area (Å²) in [6.45, 7) is 0. The summed E-state index contributed by atoms with van der Waals surface area (Å²) >= 11 is 3.74. The quantitative estimate of drug-likeness (QED) is 0.640. The number of benzene rings is 2. The second-order valence-corrected chi connectivity index (χ2v) is 6.93. The molecule has 1 aliphatic rings. The summed E-state index contributed by atoms with van der Waals surface area (Å²) in [4.78, 5) is 11.2. The van der Waals surface area contributed by atoms with Crippen molar-refractivity contribution in [1.82, 2.24) is 14.8 Å². The van der Waals surface area contributed by atoms with E-state index in [1.54, 1.807) is 12.1 Å². The summed E-state index contributed by atoms with van der Waals surface area (Å²) in [7, 11) is 0. The van der Waals surface area contributed by atoms with Crippen molar-refractivity contribution in [3.63, 3.8) is 0 Å². The molecule has 24 heavy (non-hydrogen) atoms. The summed E-state index contributed by atoms with van der Waals surface area (Å²) in [6, 6.07) is 7.29. The molecule has 0 atom stereocenters. The Bertz CT molecular complexity index is 1120. The van der Waals surface area contributed by atoms with Gasteiger partial charge in [0.05, 0.1) is 16.9 Å². The molecule has 1 saturated carbocycles. The zero-order valence-corrected chi connectivity index (χ0v) is 14.7. The number of carbonyl (C=O) groups is 1. The number of hydrogen-bond acceptors (Lipinski definition) is 4. The zero-order chi connectivity index (χ0) is 20.2. The molecule has 4 rings (SSSR count). The Balaban J connectivity index is 1.93. The Kier molecular flexibility index (Phi) is 3.02. The molecule has 1 aliphatic carbocycles. The number of hydrogen-bond donors (Lipinski definition) is 1. The van der Waals surface area contributed by atoms with Gasteiger partial charge in [0.15, 0.2) is 5.16 Å². The Morgan fingerprint density at radius 1 is 1.33 bits per heavy atom. The van der Waals surface area contributed by atoms with Crippen molar-refractivity contribution in [1.29, 1.82) is 0 Å². The van der Waals surface area contributed by atoms with Crippen LogP contribution in [0, 0.1) is 0 Å². The molecule has 5 nitrogen and oxygen atoms in total. The van der Waals surface area contributed by atoms with Crippen LogP contribution in [0.4, 0.5) is 0 Å². The van der Waals surface area contributed by atoms with Gasteiger partial charge in [-0.15, -0.1) is 10.2 Å². The van der Waals surface area contributed by atoms with Crippen molar-refractivity contribution in [2.75, 3.05) is 5.70 Å². The van der Waals surface area contributed by atoms with E-state index in [1.807, 2.05) is 12.1 Å². The minimum atomic E-state index is -2.58. The highest BCUT2D eigenvalue weighted by atomic mass is 79.9. The van der Waals surface area contributed by atoms with Gasteiger partial charge >= 0.3 is 5.97 Å². The van der Waals surface area contributed by atoms with E-state index in [2.05, 4.69) is 26.1 Å². The predicted molar refractivity (Wildman–Crippen MR) is 96.9 cm³/mol. The normalized spacial score (nSPS) is 17.2. The fourth-order valence-corrected chi connectivity index (χ4v) is 3.83. The maximum atomic E-state index is 11.2. The van der Waals surface area contributed by atoms with E-state index >= 15 is 0 Å². The zero-order valence-electron chi connectivity index (χ0n) is 16.3. The molecule has 0 radical (unpaired) electrons. The number of aromatic nitrogens is 3. The van der Waals surface area contributed by atoms with E-state index in [-0.39, 0.29) is 22.0 Å². The van der Waals surface area contributed by atoms with Crippen LogP contribution in [0.25, 0.3) is 16.5 Å². The van der Waals surface area contributed by atoms with Crippen LogP contribution in [0.15, 0.2) is 46.2 Å². The molecule has 0 saturated heterocycles. The van der Waals surface area contributed by atoms with E-state index < -0.39 is 11.7 Å². The van der Waals surface area contributed by atoms with E-state index in [9.17, 15) is 4.79 Å². The number of carboxylic acids is 1. The van der Waals surface area contributed by atoms with Gasteiger partial charge in [0.2, 0.25) is 4.73 Å². The standard InChI is InChI=1S/C17H14BrN3O2S/c18-16-19-20-17(24-9-15(22)23)21(16)14-8-7-11(10-5-6-10)12-3-1-2-4-13(12)14/h1-4,7-8,10H,5-6,9H2,(H,22,23)/i1D,2D,9D2. The molecule has 1 N–H and O–H groups in total. The van der Waals surface area contributed by atoms with Gasteiger partial charge in [-0.05, 0) is 51.7 Å². The first-order chi connectivity index (χ1) is 13.2. The molecule has 0 aliphatic heterocycles. The van der Waals surface area contributed by atoms with Gasteiger partial charge < -0.3 is 5.11 Å². The van der Waals surface area contributed by atoms with E-state index in [0.717, 1.165) is 23.8 Å². The van der Waals surface area contributed by atoms with E-state index in [0.29, 0.717) is 28.8 Å². The number of nitrogens with zero attached hydrogens (tertiary/aromatic N) is 3. The molecule has 122 valence electrons. The summed E-state index contributed by atoms with van der Waals surface area (Å²) in [6.07, 6.45) is 2.17. The lowest BCUT2D eigenvalue weighted by Gasteiger charge is -2.13. The average molecular weight is 408 g/mol. The third kappa shape index (κ3) is 2.82. The van der Waals surface area contributed by atoms with Gasteiger partial charge in [-0.25, -0.2) is 0 Å². The van der Waals surface area contributed by atoms with Crippen molar-refractivity contribution >= 4 is 44.4 Å². The first kappa shape index (κ1) is 11.7. The van der Waals surface area contributed by atoms with E-state index in [1.165, 1.54) is 4.57 Å². The van der Waals surface area contributed by atoms with Crippen molar-refractivity contribution in [3.05, 3.63) is 46.6 Å². The number of carboxylic acid groups (broad SMARTS) is 1. The van der Waals surface area contributed by atoms with Crippen molar-refractivity contribution in [2.24, 2.45) is 0 Å². The lowest BCUT2D eigenvalue weighted by molar-refractivity contribution is -0.133. The lowest BCUT2D eigenvalue weighted by Crippen LogP contribution is -2.03. The first-order valence-electron chi connectivity index (χ1n) is 9.26. The second kappa shape index (κ2) is 6.22. The van der Waals surface area contributed by atoms with Crippen LogP contribution in [-0.2, 0) is 4.79 Å². The highest BCUT2D eigenvalue weighted by molar-refractivity contribution is 9.10. The molecule has 7 heteroatoms. The largest absolute Gasteiger partial charge is 0.481 e. The molecule has 0 amide bonds. The molecule has 2 aromatic carbocycles. The minimum Gasteiger partial charge on any atom is -0.481 e. The number of rotatable bonds is 5. The molecule has 0 bridgehead atoms. The molecule has 0 unspecified atom stereocenters. The molecule has 1 fully saturated rings. The van der Waals surface area contributed by atoms with Crippen LogP contribution >= 0.6 is 27.7 Å². The number of thioether (sulfide) groups is 1. The highest BCUT2D eigenvalue weighted by Gasteiger charge is 2.26. The summed E-state index contributed by atoms with van der Waals surface area (Å²) in [5.41, 5.74) is -0.872. The van der Waals surface area contributed by atoms with Gasteiger partial charge in [0, 0.05) is 5.39 Å². The van der Waals surface area contributed by atoms with Crippen LogP contribution in [0.1, 0.15) is 29.8 Å². The van der Waals surface area contributed by atoms with Crippen LogP contribution in [-0.4, -0.2) is 31.5 Å². The Morgan fingerprint density at radius 2 is 2.08 bits per heavy atom. The van der Waals surface area contributed by atoms with E-state index in [4.69, 9.17) is 10.6 Å². The Labute approximate surface area is 156 Å². The maximum absolute atomic E-state index is 11.2. The van der Waals surface area contributed by atoms with Crippen LogP contribution in [0.2, 0.25) is 0 Å².